The topological polar surface area (TPSA) is 72.2 Å². The predicted octanol–water partition coefficient (Wildman–Crippen LogP) is 1.47. The summed E-state index contributed by atoms with van der Waals surface area (Å²) in [5.41, 5.74) is 5.33. The van der Waals surface area contributed by atoms with Crippen molar-refractivity contribution in [1.29, 1.82) is 0 Å². The van der Waals surface area contributed by atoms with Gasteiger partial charge in [-0.25, -0.2) is 13.1 Å². The summed E-state index contributed by atoms with van der Waals surface area (Å²) in [6.45, 7) is 0.998. The molecule has 4 nitrogen and oxygen atoms in total. The van der Waals surface area contributed by atoms with Crippen LogP contribution < -0.4 is 10.5 Å². The van der Waals surface area contributed by atoms with E-state index in [1.165, 1.54) is 0 Å². The van der Waals surface area contributed by atoms with E-state index in [1.54, 1.807) is 24.3 Å². The van der Waals surface area contributed by atoms with Crippen LogP contribution in [0.2, 0.25) is 0 Å². The number of rotatable bonds is 6. The molecular formula is C10H15BrN2O2S. The van der Waals surface area contributed by atoms with Gasteiger partial charge in [-0.05, 0) is 47.4 Å². The van der Waals surface area contributed by atoms with Crippen LogP contribution in [0.1, 0.15) is 12.8 Å². The van der Waals surface area contributed by atoms with Crippen LogP contribution in [0, 0.1) is 0 Å². The van der Waals surface area contributed by atoms with Gasteiger partial charge in [-0.15, -0.1) is 0 Å². The fourth-order valence-corrected chi connectivity index (χ4v) is 3.29. The van der Waals surface area contributed by atoms with Gasteiger partial charge in [0, 0.05) is 11.0 Å². The molecule has 0 aliphatic carbocycles. The third kappa shape index (κ3) is 3.86. The Labute approximate surface area is 104 Å². The molecule has 0 heterocycles. The lowest BCUT2D eigenvalue weighted by atomic mass is 10.3. The second kappa shape index (κ2) is 6.34. The molecule has 0 atom stereocenters. The van der Waals surface area contributed by atoms with Crippen molar-refractivity contribution in [3.05, 3.63) is 28.7 Å². The number of hydrogen-bond acceptors (Lipinski definition) is 3. The SMILES string of the molecule is NCCCCNS(=O)(=O)c1ccccc1Br. The lowest BCUT2D eigenvalue weighted by molar-refractivity contribution is 0.576. The van der Waals surface area contributed by atoms with Crippen LogP contribution in [-0.4, -0.2) is 21.5 Å². The molecule has 1 rings (SSSR count). The Kier molecular flexibility index (Phi) is 5.40. The summed E-state index contributed by atoms with van der Waals surface area (Å²) in [5.74, 6) is 0. The van der Waals surface area contributed by atoms with Gasteiger partial charge < -0.3 is 5.73 Å². The molecule has 0 fully saturated rings. The summed E-state index contributed by atoms with van der Waals surface area (Å²) in [6.07, 6.45) is 1.57. The van der Waals surface area contributed by atoms with E-state index in [0.29, 0.717) is 17.6 Å². The largest absolute Gasteiger partial charge is 0.330 e. The average Bonchev–Trinajstić information content (AvgIpc) is 2.25. The van der Waals surface area contributed by atoms with E-state index in [0.717, 1.165) is 12.8 Å². The Bertz CT molecular complexity index is 434. The minimum atomic E-state index is -3.41. The van der Waals surface area contributed by atoms with E-state index < -0.39 is 10.0 Å². The molecule has 1 aromatic carbocycles. The van der Waals surface area contributed by atoms with Crippen molar-refractivity contribution < 1.29 is 8.42 Å². The molecule has 0 amide bonds. The number of nitrogens with one attached hydrogen (secondary N) is 1. The number of hydrogen-bond donors (Lipinski definition) is 2. The average molecular weight is 307 g/mol. The molecule has 0 radical (unpaired) electrons. The number of unbranched alkanes of at least 4 members (excludes halogenated alkanes) is 1. The van der Waals surface area contributed by atoms with Gasteiger partial charge in [0.15, 0.2) is 0 Å². The third-order valence-electron chi connectivity index (χ3n) is 2.05. The van der Waals surface area contributed by atoms with Gasteiger partial charge in [-0.1, -0.05) is 12.1 Å². The summed E-state index contributed by atoms with van der Waals surface area (Å²) in [5, 5.41) is 0. The van der Waals surface area contributed by atoms with Gasteiger partial charge in [-0.2, -0.15) is 0 Å². The molecular weight excluding hydrogens is 292 g/mol. The van der Waals surface area contributed by atoms with Crippen LogP contribution in [0.3, 0.4) is 0 Å². The number of benzene rings is 1. The van der Waals surface area contributed by atoms with E-state index in [1.807, 2.05) is 0 Å². The molecule has 0 saturated carbocycles. The quantitative estimate of drug-likeness (QED) is 0.782. The monoisotopic (exact) mass is 306 g/mol. The molecule has 6 heteroatoms. The van der Waals surface area contributed by atoms with Crippen LogP contribution in [0.4, 0.5) is 0 Å². The van der Waals surface area contributed by atoms with Gasteiger partial charge in [0.1, 0.15) is 0 Å². The van der Waals surface area contributed by atoms with Crippen LogP contribution in [0.25, 0.3) is 0 Å². The highest BCUT2D eigenvalue weighted by atomic mass is 79.9. The van der Waals surface area contributed by atoms with Gasteiger partial charge in [-0.3, -0.25) is 0 Å². The predicted molar refractivity (Wildman–Crippen MR) is 67.6 cm³/mol. The fourth-order valence-electron chi connectivity index (χ4n) is 1.22. The molecule has 0 unspecified atom stereocenters. The number of nitrogens with two attached hydrogens (primary N) is 1. The van der Waals surface area contributed by atoms with Crippen molar-refractivity contribution in [3.8, 4) is 0 Å². The molecule has 0 aliphatic rings. The maximum atomic E-state index is 11.8. The zero-order valence-electron chi connectivity index (χ0n) is 8.82. The zero-order valence-corrected chi connectivity index (χ0v) is 11.2. The molecule has 0 aliphatic heterocycles. The molecule has 0 spiro atoms. The first-order valence-electron chi connectivity index (χ1n) is 5.02. The fraction of sp³-hybridized carbons (Fsp3) is 0.400. The van der Waals surface area contributed by atoms with E-state index in [4.69, 9.17) is 5.73 Å². The smallest absolute Gasteiger partial charge is 0.241 e. The first kappa shape index (κ1) is 13.6. The lowest BCUT2D eigenvalue weighted by Crippen LogP contribution is -2.25. The Hall–Kier alpha value is -0.430. The first-order valence-corrected chi connectivity index (χ1v) is 7.30. The molecule has 0 saturated heterocycles. The van der Waals surface area contributed by atoms with E-state index in [2.05, 4.69) is 20.7 Å². The van der Waals surface area contributed by atoms with Crippen molar-refractivity contribution in [2.75, 3.05) is 13.1 Å². The Morgan fingerprint density at radius 2 is 1.94 bits per heavy atom. The second-order valence-corrected chi connectivity index (χ2v) is 5.91. The van der Waals surface area contributed by atoms with Crippen molar-refractivity contribution in [2.24, 2.45) is 5.73 Å². The maximum absolute atomic E-state index is 11.8. The Morgan fingerprint density at radius 1 is 1.25 bits per heavy atom. The highest BCUT2D eigenvalue weighted by molar-refractivity contribution is 9.10. The third-order valence-corrected chi connectivity index (χ3v) is 4.52. The van der Waals surface area contributed by atoms with Crippen molar-refractivity contribution in [1.82, 2.24) is 4.72 Å². The first-order chi connectivity index (χ1) is 7.58. The van der Waals surface area contributed by atoms with Crippen LogP contribution in [-0.2, 0) is 10.0 Å². The molecule has 3 N–H and O–H groups in total. The standard InChI is InChI=1S/C10H15BrN2O2S/c11-9-5-1-2-6-10(9)16(14,15)13-8-4-3-7-12/h1-2,5-6,13H,3-4,7-8,12H2. The minimum absolute atomic E-state index is 0.266. The molecule has 0 aromatic heterocycles. The van der Waals surface area contributed by atoms with Gasteiger partial charge in [0.25, 0.3) is 0 Å². The summed E-state index contributed by atoms with van der Waals surface area (Å²) >= 11 is 3.22. The molecule has 16 heavy (non-hydrogen) atoms. The highest BCUT2D eigenvalue weighted by Crippen LogP contribution is 2.20. The normalized spacial score (nSPS) is 11.6. The Morgan fingerprint density at radius 3 is 2.56 bits per heavy atom. The zero-order chi connectivity index (χ0) is 12.0. The molecule has 0 bridgehead atoms. The second-order valence-electron chi connectivity index (χ2n) is 3.32. The van der Waals surface area contributed by atoms with E-state index in [-0.39, 0.29) is 4.90 Å². The van der Waals surface area contributed by atoms with Crippen LogP contribution in [0.5, 0.6) is 0 Å². The van der Waals surface area contributed by atoms with Crippen molar-refractivity contribution in [2.45, 2.75) is 17.7 Å². The van der Waals surface area contributed by atoms with Gasteiger partial charge >= 0.3 is 0 Å². The Balaban J connectivity index is 2.68. The summed E-state index contributed by atoms with van der Waals surface area (Å²) in [7, 11) is -3.41. The summed E-state index contributed by atoms with van der Waals surface area (Å²) in [6, 6.07) is 6.74. The van der Waals surface area contributed by atoms with E-state index >= 15 is 0 Å². The lowest BCUT2D eigenvalue weighted by Gasteiger charge is -2.07. The maximum Gasteiger partial charge on any atom is 0.241 e. The van der Waals surface area contributed by atoms with Gasteiger partial charge in [0.2, 0.25) is 10.0 Å². The van der Waals surface area contributed by atoms with Crippen LogP contribution >= 0.6 is 15.9 Å². The minimum Gasteiger partial charge on any atom is -0.330 e. The van der Waals surface area contributed by atoms with Crippen LogP contribution in [0.15, 0.2) is 33.6 Å². The number of sulfonamides is 1. The molecule has 1 aromatic rings. The number of halogens is 1. The summed E-state index contributed by atoms with van der Waals surface area (Å²) in [4.78, 5) is 0.266. The van der Waals surface area contributed by atoms with Gasteiger partial charge in [0.05, 0.1) is 4.90 Å². The van der Waals surface area contributed by atoms with Crippen molar-refractivity contribution >= 4 is 26.0 Å². The van der Waals surface area contributed by atoms with Crippen molar-refractivity contribution in [3.63, 3.8) is 0 Å². The molecule has 90 valence electrons. The van der Waals surface area contributed by atoms with E-state index in [9.17, 15) is 8.42 Å². The highest BCUT2D eigenvalue weighted by Gasteiger charge is 2.15. The summed E-state index contributed by atoms with van der Waals surface area (Å²) < 4.78 is 26.8.